The van der Waals surface area contributed by atoms with E-state index in [4.69, 9.17) is 0 Å². The number of nitrogens with zero attached hydrogens (tertiary/aromatic N) is 3. The molecule has 0 aromatic carbocycles. The molecule has 0 atom stereocenters. The number of rotatable bonds is 0. The van der Waals surface area contributed by atoms with Gasteiger partial charge in [0, 0.05) is 0 Å². The summed E-state index contributed by atoms with van der Waals surface area (Å²) in [6.07, 6.45) is 3.11. The molecule has 0 fully saturated rings. The number of aromatic nitrogens is 3. The summed E-state index contributed by atoms with van der Waals surface area (Å²) < 4.78 is 0.586. The van der Waals surface area contributed by atoms with E-state index >= 15 is 0 Å². The van der Waals surface area contributed by atoms with E-state index in [9.17, 15) is 0 Å². The second-order valence-corrected chi connectivity index (χ2v) is 1.69. The second-order valence-electron chi connectivity index (χ2n) is 0.925. The van der Waals surface area contributed by atoms with Crippen molar-refractivity contribution >= 4 is 20.7 Å². The zero-order valence-electron chi connectivity index (χ0n) is 3.40. The molecule has 0 spiro atoms. The summed E-state index contributed by atoms with van der Waals surface area (Å²) in [7, 11) is 0. The topological polar surface area (TPSA) is 38.7 Å². The molecule has 1 heterocycles. The molecule has 0 aliphatic carbocycles. The van der Waals surface area contributed by atoms with Crippen molar-refractivity contribution in [2.75, 3.05) is 0 Å². The Morgan fingerprint density at radius 2 is 2.29 bits per heavy atom. The first kappa shape index (κ1) is 4.68. The molecular formula is C3H2N3Se. The molecule has 0 N–H and O–H groups in total. The summed E-state index contributed by atoms with van der Waals surface area (Å²) in [6, 6.07) is 0. The van der Waals surface area contributed by atoms with Crippen molar-refractivity contribution in [2.24, 2.45) is 0 Å². The van der Waals surface area contributed by atoms with Crippen molar-refractivity contribution in [3.05, 3.63) is 12.4 Å². The van der Waals surface area contributed by atoms with Crippen LogP contribution in [0.5, 0.6) is 0 Å². The summed E-state index contributed by atoms with van der Waals surface area (Å²) in [5.41, 5.74) is 0. The van der Waals surface area contributed by atoms with E-state index < -0.39 is 0 Å². The van der Waals surface area contributed by atoms with Gasteiger partial charge in [0.05, 0.1) is 0 Å². The minimum atomic E-state index is 0.586. The third-order valence-corrected chi connectivity index (χ3v) is 0.854. The SMILES string of the molecule is [Se]c1nccnn1. The summed E-state index contributed by atoms with van der Waals surface area (Å²) in [5, 5.41) is 7.10. The first-order valence-electron chi connectivity index (χ1n) is 1.70. The third kappa shape index (κ3) is 1.21. The van der Waals surface area contributed by atoms with Gasteiger partial charge in [0.1, 0.15) is 0 Å². The average Bonchev–Trinajstić information content (AvgIpc) is 1.69. The molecule has 0 saturated heterocycles. The maximum atomic E-state index is 3.75. The molecule has 0 aliphatic heterocycles. The zero-order valence-corrected chi connectivity index (χ0v) is 5.12. The molecule has 35 valence electrons. The van der Waals surface area contributed by atoms with E-state index in [-0.39, 0.29) is 0 Å². The molecule has 0 aliphatic rings. The number of hydrogen-bond acceptors (Lipinski definition) is 3. The molecule has 0 unspecified atom stereocenters. The van der Waals surface area contributed by atoms with E-state index in [0.29, 0.717) is 4.72 Å². The van der Waals surface area contributed by atoms with E-state index in [0.717, 1.165) is 0 Å². The van der Waals surface area contributed by atoms with Crippen LogP contribution in [0.25, 0.3) is 0 Å². The first-order chi connectivity index (χ1) is 3.39. The quantitative estimate of drug-likeness (QED) is 0.440. The molecule has 7 heavy (non-hydrogen) atoms. The van der Waals surface area contributed by atoms with Crippen molar-refractivity contribution in [3.8, 4) is 0 Å². The Labute approximate surface area is 49.0 Å². The standard InChI is InChI=1S/C3H2N3Se/c7-3-4-1-2-5-6-3/h1-2H. The van der Waals surface area contributed by atoms with E-state index in [1.54, 1.807) is 6.20 Å². The molecule has 1 radical (unpaired) electrons. The van der Waals surface area contributed by atoms with Crippen LogP contribution in [-0.4, -0.2) is 31.2 Å². The van der Waals surface area contributed by atoms with Crippen LogP contribution in [-0.2, 0) is 0 Å². The summed E-state index contributed by atoms with van der Waals surface area (Å²) in [6.45, 7) is 0. The van der Waals surface area contributed by atoms with Crippen molar-refractivity contribution in [1.82, 2.24) is 15.2 Å². The van der Waals surface area contributed by atoms with Gasteiger partial charge in [-0.25, -0.2) is 0 Å². The van der Waals surface area contributed by atoms with Crippen LogP contribution in [0.1, 0.15) is 0 Å². The van der Waals surface area contributed by atoms with Gasteiger partial charge in [-0.05, 0) is 0 Å². The van der Waals surface area contributed by atoms with Gasteiger partial charge in [0.2, 0.25) is 0 Å². The third-order valence-electron chi connectivity index (χ3n) is 0.462. The van der Waals surface area contributed by atoms with Crippen LogP contribution in [0.3, 0.4) is 0 Å². The van der Waals surface area contributed by atoms with Gasteiger partial charge in [0.15, 0.2) is 0 Å². The molecule has 0 amide bonds. The van der Waals surface area contributed by atoms with Gasteiger partial charge in [-0.15, -0.1) is 0 Å². The molecule has 1 aromatic rings. The monoisotopic (exact) mass is 160 g/mol. The predicted octanol–water partition coefficient (Wildman–Crippen LogP) is -1.33. The van der Waals surface area contributed by atoms with Crippen LogP contribution < -0.4 is 4.72 Å². The van der Waals surface area contributed by atoms with Gasteiger partial charge in [-0.1, -0.05) is 0 Å². The van der Waals surface area contributed by atoms with Crippen molar-refractivity contribution in [1.29, 1.82) is 0 Å². The Bertz CT molecular complexity index is 140. The summed E-state index contributed by atoms with van der Waals surface area (Å²) >= 11 is 2.62. The van der Waals surface area contributed by atoms with E-state index in [1.807, 2.05) is 0 Å². The maximum absolute atomic E-state index is 3.75. The molecule has 4 heteroatoms. The Morgan fingerprint density at radius 3 is 2.57 bits per heavy atom. The van der Waals surface area contributed by atoms with Gasteiger partial charge >= 0.3 is 48.3 Å². The average molecular weight is 159 g/mol. The fourth-order valence-corrected chi connectivity index (χ4v) is 0.462. The van der Waals surface area contributed by atoms with Crippen LogP contribution in [0.15, 0.2) is 12.4 Å². The Kier molecular flexibility index (Phi) is 1.34. The fraction of sp³-hybridized carbons (Fsp3) is 0. The predicted molar refractivity (Wildman–Crippen MR) is 25.2 cm³/mol. The summed E-state index contributed by atoms with van der Waals surface area (Å²) in [4.78, 5) is 3.75. The first-order valence-corrected chi connectivity index (χ1v) is 2.56. The molecule has 0 bridgehead atoms. The van der Waals surface area contributed by atoms with Crippen molar-refractivity contribution in [2.45, 2.75) is 0 Å². The van der Waals surface area contributed by atoms with Crippen molar-refractivity contribution in [3.63, 3.8) is 0 Å². The molecule has 0 saturated carbocycles. The van der Waals surface area contributed by atoms with Gasteiger partial charge in [0.25, 0.3) is 0 Å². The van der Waals surface area contributed by atoms with E-state index in [2.05, 4.69) is 31.2 Å². The molecular weight excluding hydrogens is 157 g/mol. The van der Waals surface area contributed by atoms with Gasteiger partial charge < -0.3 is 0 Å². The Hall–Kier alpha value is -0.471. The molecule has 3 nitrogen and oxygen atoms in total. The van der Waals surface area contributed by atoms with Crippen LogP contribution in [0.4, 0.5) is 0 Å². The minimum absolute atomic E-state index is 0.586. The molecule has 1 aromatic heterocycles. The fourth-order valence-electron chi connectivity index (χ4n) is 0.235. The normalized spacial score (nSPS) is 8.57. The zero-order chi connectivity index (χ0) is 5.11. The van der Waals surface area contributed by atoms with Crippen molar-refractivity contribution < 1.29 is 0 Å². The Balaban J connectivity index is 3.02. The van der Waals surface area contributed by atoms with Crippen LogP contribution in [0, 0.1) is 0 Å². The second kappa shape index (κ2) is 2.00. The molecule has 1 rings (SSSR count). The van der Waals surface area contributed by atoms with Gasteiger partial charge in [-0.2, -0.15) is 0 Å². The number of hydrogen-bond donors (Lipinski definition) is 0. The Morgan fingerprint density at radius 1 is 1.43 bits per heavy atom. The summed E-state index contributed by atoms with van der Waals surface area (Å²) in [5.74, 6) is 0. The van der Waals surface area contributed by atoms with Crippen LogP contribution in [0.2, 0.25) is 0 Å². The van der Waals surface area contributed by atoms with Crippen LogP contribution >= 0.6 is 0 Å². The van der Waals surface area contributed by atoms with Gasteiger partial charge in [-0.3, -0.25) is 0 Å². The van der Waals surface area contributed by atoms with E-state index in [1.165, 1.54) is 6.20 Å².